The zero-order chi connectivity index (χ0) is 13.8. The Morgan fingerprint density at radius 3 is 2.68 bits per heavy atom. The third-order valence-corrected chi connectivity index (χ3v) is 2.56. The molecule has 0 saturated carbocycles. The standard InChI is InChI=1S/C14H12F2N2O/c1-9-3-2-4-11(18-9)8-17-14(19)10-5-6-12(15)13(16)7-10/h2-7H,8H2,1H3,(H,17,19). The summed E-state index contributed by atoms with van der Waals surface area (Å²) < 4.78 is 25.7. The fraction of sp³-hybridized carbons (Fsp3) is 0.143. The summed E-state index contributed by atoms with van der Waals surface area (Å²) in [4.78, 5) is 16.0. The number of carbonyl (C=O) groups excluding carboxylic acids is 1. The van der Waals surface area contributed by atoms with Crippen LogP contribution in [0.4, 0.5) is 8.78 Å². The number of nitrogens with zero attached hydrogens (tertiary/aromatic N) is 1. The van der Waals surface area contributed by atoms with Gasteiger partial charge in [-0.05, 0) is 37.3 Å². The van der Waals surface area contributed by atoms with Crippen molar-refractivity contribution in [2.45, 2.75) is 13.5 Å². The summed E-state index contributed by atoms with van der Waals surface area (Å²) in [7, 11) is 0. The van der Waals surface area contributed by atoms with Crippen molar-refractivity contribution in [1.82, 2.24) is 10.3 Å². The second kappa shape index (κ2) is 5.56. The monoisotopic (exact) mass is 262 g/mol. The van der Waals surface area contributed by atoms with Crippen LogP contribution in [-0.4, -0.2) is 10.9 Å². The first-order chi connectivity index (χ1) is 9.06. The average Bonchev–Trinajstić information content (AvgIpc) is 2.39. The molecule has 0 bridgehead atoms. The molecule has 0 aliphatic heterocycles. The summed E-state index contributed by atoms with van der Waals surface area (Å²) in [6.07, 6.45) is 0. The lowest BCUT2D eigenvalue weighted by Gasteiger charge is -2.05. The van der Waals surface area contributed by atoms with Crippen molar-refractivity contribution in [1.29, 1.82) is 0 Å². The Balaban J connectivity index is 2.03. The molecule has 0 radical (unpaired) electrons. The van der Waals surface area contributed by atoms with Crippen LogP contribution in [0.1, 0.15) is 21.7 Å². The Morgan fingerprint density at radius 1 is 1.21 bits per heavy atom. The molecule has 0 aliphatic rings. The molecule has 5 heteroatoms. The zero-order valence-corrected chi connectivity index (χ0v) is 10.3. The number of hydrogen-bond acceptors (Lipinski definition) is 2. The van der Waals surface area contributed by atoms with Crippen molar-refractivity contribution in [2.75, 3.05) is 0 Å². The highest BCUT2D eigenvalue weighted by molar-refractivity contribution is 5.94. The molecule has 0 fully saturated rings. The smallest absolute Gasteiger partial charge is 0.251 e. The van der Waals surface area contributed by atoms with E-state index in [2.05, 4.69) is 10.3 Å². The van der Waals surface area contributed by atoms with Crippen LogP contribution >= 0.6 is 0 Å². The van der Waals surface area contributed by atoms with E-state index in [0.717, 1.165) is 17.8 Å². The number of carbonyl (C=O) groups is 1. The number of benzene rings is 1. The van der Waals surface area contributed by atoms with Crippen molar-refractivity contribution >= 4 is 5.91 Å². The first-order valence-electron chi connectivity index (χ1n) is 5.72. The van der Waals surface area contributed by atoms with Gasteiger partial charge in [-0.25, -0.2) is 8.78 Å². The number of halogens is 2. The van der Waals surface area contributed by atoms with Gasteiger partial charge in [-0.3, -0.25) is 9.78 Å². The van der Waals surface area contributed by atoms with Gasteiger partial charge >= 0.3 is 0 Å². The molecule has 2 rings (SSSR count). The van der Waals surface area contributed by atoms with Crippen molar-refractivity contribution in [3.05, 3.63) is 65.0 Å². The van der Waals surface area contributed by atoms with E-state index in [1.54, 1.807) is 6.07 Å². The van der Waals surface area contributed by atoms with Gasteiger partial charge in [-0.15, -0.1) is 0 Å². The van der Waals surface area contributed by atoms with Gasteiger partial charge in [0.15, 0.2) is 11.6 Å². The molecule has 2 aromatic rings. The van der Waals surface area contributed by atoms with Crippen LogP contribution in [0.2, 0.25) is 0 Å². The van der Waals surface area contributed by atoms with E-state index < -0.39 is 17.5 Å². The van der Waals surface area contributed by atoms with E-state index in [0.29, 0.717) is 5.69 Å². The fourth-order valence-electron chi connectivity index (χ4n) is 1.61. The Kier molecular flexibility index (Phi) is 3.85. The predicted molar refractivity (Wildman–Crippen MR) is 66.5 cm³/mol. The molecule has 0 atom stereocenters. The molecule has 1 N–H and O–H groups in total. The molecule has 1 aromatic heterocycles. The van der Waals surface area contributed by atoms with Crippen molar-refractivity contribution in [2.24, 2.45) is 0 Å². The Morgan fingerprint density at radius 2 is 2.00 bits per heavy atom. The van der Waals surface area contributed by atoms with E-state index in [4.69, 9.17) is 0 Å². The maximum absolute atomic E-state index is 13.0. The van der Waals surface area contributed by atoms with Crippen LogP contribution in [0, 0.1) is 18.6 Å². The number of rotatable bonds is 3. The van der Waals surface area contributed by atoms with Gasteiger partial charge in [0.1, 0.15) is 0 Å². The van der Waals surface area contributed by atoms with Crippen LogP contribution in [-0.2, 0) is 6.54 Å². The molecule has 1 aromatic carbocycles. The Bertz CT molecular complexity index is 614. The molecule has 3 nitrogen and oxygen atoms in total. The molecule has 0 aliphatic carbocycles. The summed E-state index contributed by atoms with van der Waals surface area (Å²) in [5.41, 5.74) is 1.63. The maximum atomic E-state index is 13.0. The Hall–Kier alpha value is -2.30. The van der Waals surface area contributed by atoms with Crippen LogP contribution in [0.25, 0.3) is 0 Å². The van der Waals surface area contributed by atoms with Crippen LogP contribution in [0.3, 0.4) is 0 Å². The number of pyridine rings is 1. The van der Waals surface area contributed by atoms with Gasteiger partial charge in [0.2, 0.25) is 0 Å². The van der Waals surface area contributed by atoms with Gasteiger partial charge in [0, 0.05) is 11.3 Å². The number of aromatic nitrogens is 1. The second-order valence-electron chi connectivity index (χ2n) is 4.08. The first-order valence-corrected chi connectivity index (χ1v) is 5.72. The lowest BCUT2D eigenvalue weighted by Crippen LogP contribution is -2.23. The van der Waals surface area contributed by atoms with E-state index in [1.165, 1.54) is 6.07 Å². The lowest BCUT2D eigenvalue weighted by molar-refractivity contribution is 0.0950. The molecular weight excluding hydrogens is 250 g/mol. The predicted octanol–water partition coefficient (Wildman–Crippen LogP) is 2.60. The summed E-state index contributed by atoms with van der Waals surface area (Å²) in [6.45, 7) is 2.08. The summed E-state index contributed by atoms with van der Waals surface area (Å²) in [5, 5.41) is 2.60. The normalized spacial score (nSPS) is 10.3. The molecule has 1 heterocycles. The van der Waals surface area contributed by atoms with E-state index >= 15 is 0 Å². The number of nitrogens with one attached hydrogen (secondary N) is 1. The van der Waals surface area contributed by atoms with E-state index in [9.17, 15) is 13.6 Å². The minimum Gasteiger partial charge on any atom is -0.346 e. The maximum Gasteiger partial charge on any atom is 0.251 e. The third kappa shape index (κ3) is 3.34. The topological polar surface area (TPSA) is 42.0 Å². The molecule has 1 amide bonds. The van der Waals surface area contributed by atoms with Gasteiger partial charge in [-0.2, -0.15) is 0 Å². The molecular formula is C14H12F2N2O. The number of hydrogen-bond donors (Lipinski definition) is 1. The largest absolute Gasteiger partial charge is 0.346 e. The van der Waals surface area contributed by atoms with E-state index in [-0.39, 0.29) is 12.1 Å². The summed E-state index contributed by atoms with van der Waals surface area (Å²) in [5.74, 6) is -2.49. The molecule has 98 valence electrons. The summed E-state index contributed by atoms with van der Waals surface area (Å²) >= 11 is 0. The summed E-state index contributed by atoms with van der Waals surface area (Å²) in [6, 6.07) is 8.49. The SMILES string of the molecule is Cc1cccc(CNC(=O)c2ccc(F)c(F)c2)n1. The molecule has 0 saturated heterocycles. The number of aryl methyl sites for hydroxylation is 1. The van der Waals surface area contributed by atoms with Crippen molar-refractivity contribution < 1.29 is 13.6 Å². The fourth-order valence-corrected chi connectivity index (χ4v) is 1.61. The second-order valence-corrected chi connectivity index (χ2v) is 4.08. The van der Waals surface area contributed by atoms with Gasteiger partial charge in [0.25, 0.3) is 5.91 Å². The highest BCUT2D eigenvalue weighted by atomic mass is 19.2. The molecule has 0 spiro atoms. The zero-order valence-electron chi connectivity index (χ0n) is 10.3. The van der Waals surface area contributed by atoms with Crippen LogP contribution in [0.15, 0.2) is 36.4 Å². The highest BCUT2D eigenvalue weighted by Crippen LogP contribution is 2.08. The average molecular weight is 262 g/mol. The van der Waals surface area contributed by atoms with Gasteiger partial charge in [0.05, 0.1) is 12.2 Å². The van der Waals surface area contributed by atoms with Crippen LogP contribution < -0.4 is 5.32 Å². The van der Waals surface area contributed by atoms with Crippen LogP contribution in [0.5, 0.6) is 0 Å². The first kappa shape index (κ1) is 13.1. The Labute approximate surface area is 109 Å². The minimum atomic E-state index is -1.04. The van der Waals surface area contributed by atoms with Gasteiger partial charge in [-0.1, -0.05) is 6.07 Å². The quantitative estimate of drug-likeness (QED) is 0.923. The lowest BCUT2D eigenvalue weighted by atomic mass is 10.2. The molecule has 0 unspecified atom stereocenters. The van der Waals surface area contributed by atoms with Gasteiger partial charge < -0.3 is 5.32 Å². The van der Waals surface area contributed by atoms with Crippen molar-refractivity contribution in [3.63, 3.8) is 0 Å². The highest BCUT2D eigenvalue weighted by Gasteiger charge is 2.09. The minimum absolute atomic E-state index is 0.0755. The number of amides is 1. The van der Waals surface area contributed by atoms with Crippen molar-refractivity contribution in [3.8, 4) is 0 Å². The third-order valence-electron chi connectivity index (χ3n) is 2.56. The van der Waals surface area contributed by atoms with E-state index in [1.807, 2.05) is 19.1 Å². The molecule has 19 heavy (non-hydrogen) atoms.